The minimum atomic E-state index is 0.914. The molecule has 1 aromatic heterocycles. The second-order valence-corrected chi connectivity index (χ2v) is 3.36. The van der Waals surface area contributed by atoms with Crippen LogP contribution in [0.1, 0.15) is 17.4 Å². The van der Waals surface area contributed by atoms with Crippen molar-refractivity contribution in [3.63, 3.8) is 0 Å². The maximum atomic E-state index is 5.82. The molecule has 1 rings (SSSR count). The van der Waals surface area contributed by atoms with E-state index in [-0.39, 0.29) is 0 Å². The Balaban J connectivity index is 3.04. The number of halogens is 1. The fraction of sp³-hybridized carbons (Fsp3) is 0.429. The van der Waals surface area contributed by atoms with Crippen LogP contribution in [0.2, 0.25) is 5.02 Å². The SMILES string of the molecule is CCc1scc(Cl)c1C. The molecule has 0 aliphatic carbocycles. The van der Waals surface area contributed by atoms with Crippen LogP contribution in [0, 0.1) is 6.92 Å². The predicted molar refractivity (Wildman–Crippen MR) is 43.4 cm³/mol. The van der Waals surface area contributed by atoms with Gasteiger partial charge in [0.2, 0.25) is 0 Å². The molecule has 1 heterocycles. The molecule has 2 heteroatoms. The summed E-state index contributed by atoms with van der Waals surface area (Å²) >= 11 is 7.56. The van der Waals surface area contributed by atoms with Gasteiger partial charge in [-0.2, -0.15) is 0 Å². The third kappa shape index (κ3) is 1.28. The van der Waals surface area contributed by atoms with Crippen LogP contribution in [0.15, 0.2) is 5.38 Å². The van der Waals surface area contributed by atoms with Crippen molar-refractivity contribution >= 4 is 22.9 Å². The number of aryl methyl sites for hydroxylation is 1. The number of thiophene rings is 1. The largest absolute Gasteiger partial charge is 0.147 e. The molecular weight excluding hydrogens is 152 g/mol. The highest BCUT2D eigenvalue weighted by atomic mass is 35.5. The van der Waals surface area contributed by atoms with E-state index in [4.69, 9.17) is 11.6 Å². The van der Waals surface area contributed by atoms with E-state index in [1.165, 1.54) is 10.4 Å². The third-order valence-electron chi connectivity index (χ3n) is 1.40. The molecule has 1 aromatic rings. The summed E-state index contributed by atoms with van der Waals surface area (Å²) in [5, 5.41) is 2.91. The number of hydrogen-bond acceptors (Lipinski definition) is 1. The van der Waals surface area contributed by atoms with E-state index in [1.807, 2.05) is 5.38 Å². The smallest absolute Gasteiger partial charge is 0.0544 e. The summed E-state index contributed by atoms with van der Waals surface area (Å²) in [6, 6.07) is 0. The van der Waals surface area contributed by atoms with Crippen molar-refractivity contribution in [3.8, 4) is 0 Å². The minimum absolute atomic E-state index is 0.914. The molecule has 0 saturated carbocycles. The molecular formula is C7H9ClS. The molecule has 0 radical (unpaired) electrons. The lowest BCUT2D eigenvalue weighted by molar-refractivity contribution is 1.16. The van der Waals surface area contributed by atoms with Gasteiger partial charge in [-0.3, -0.25) is 0 Å². The zero-order valence-corrected chi connectivity index (χ0v) is 7.14. The topological polar surface area (TPSA) is 0 Å². The zero-order chi connectivity index (χ0) is 6.85. The maximum Gasteiger partial charge on any atom is 0.0544 e. The van der Waals surface area contributed by atoms with Gasteiger partial charge in [0.25, 0.3) is 0 Å². The fourth-order valence-corrected chi connectivity index (χ4v) is 1.96. The van der Waals surface area contributed by atoms with Crippen molar-refractivity contribution in [1.29, 1.82) is 0 Å². The molecule has 0 spiro atoms. The molecule has 0 N–H and O–H groups in total. The van der Waals surface area contributed by atoms with Gasteiger partial charge in [0.05, 0.1) is 5.02 Å². The van der Waals surface area contributed by atoms with Gasteiger partial charge in [-0.1, -0.05) is 18.5 Å². The second kappa shape index (κ2) is 2.72. The average Bonchev–Trinajstić information content (AvgIpc) is 2.15. The van der Waals surface area contributed by atoms with Crippen molar-refractivity contribution < 1.29 is 0 Å². The van der Waals surface area contributed by atoms with Crippen molar-refractivity contribution in [2.24, 2.45) is 0 Å². The van der Waals surface area contributed by atoms with Crippen molar-refractivity contribution in [2.75, 3.05) is 0 Å². The summed E-state index contributed by atoms with van der Waals surface area (Å²) in [7, 11) is 0. The highest BCUT2D eigenvalue weighted by Crippen LogP contribution is 2.25. The summed E-state index contributed by atoms with van der Waals surface area (Å²) < 4.78 is 0. The van der Waals surface area contributed by atoms with Crippen LogP contribution in [0.4, 0.5) is 0 Å². The van der Waals surface area contributed by atoms with Crippen LogP contribution in [-0.2, 0) is 6.42 Å². The predicted octanol–water partition coefficient (Wildman–Crippen LogP) is 3.27. The maximum absolute atomic E-state index is 5.82. The first-order chi connectivity index (χ1) is 4.25. The van der Waals surface area contributed by atoms with Crippen LogP contribution in [0.3, 0.4) is 0 Å². The Hall–Kier alpha value is -0.0100. The quantitative estimate of drug-likeness (QED) is 0.592. The average molecular weight is 161 g/mol. The zero-order valence-electron chi connectivity index (χ0n) is 5.57. The molecule has 0 bridgehead atoms. The Morgan fingerprint density at radius 2 is 2.33 bits per heavy atom. The van der Waals surface area contributed by atoms with Crippen LogP contribution in [0.5, 0.6) is 0 Å². The lowest BCUT2D eigenvalue weighted by Crippen LogP contribution is -1.74. The molecule has 50 valence electrons. The Bertz CT molecular complexity index is 203. The Morgan fingerprint density at radius 1 is 1.67 bits per heavy atom. The van der Waals surface area contributed by atoms with Crippen molar-refractivity contribution in [2.45, 2.75) is 20.3 Å². The van der Waals surface area contributed by atoms with Gasteiger partial charge in [-0.05, 0) is 18.9 Å². The second-order valence-electron chi connectivity index (χ2n) is 1.99. The highest BCUT2D eigenvalue weighted by molar-refractivity contribution is 7.10. The van der Waals surface area contributed by atoms with Crippen LogP contribution < -0.4 is 0 Å². The van der Waals surface area contributed by atoms with E-state index in [2.05, 4.69) is 13.8 Å². The van der Waals surface area contributed by atoms with E-state index < -0.39 is 0 Å². The summed E-state index contributed by atoms with van der Waals surface area (Å²) in [5.41, 5.74) is 1.25. The molecule has 0 aliphatic rings. The van der Waals surface area contributed by atoms with E-state index in [0.29, 0.717) is 0 Å². The Morgan fingerprint density at radius 3 is 2.56 bits per heavy atom. The summed E-state index contributed by atoms with van der Waals surface area (Å²) in [5.74, 6) is 0. The lowest BCUT2D eigenvalue weighted by atomic mass is 10.2. The lowest BCUT2D eigenvalue weighted by Gasteiger charge is -1.90. The van der Waals surface area contributed by atoms with Gasteiger partial charge in [0, 0.05) is 10.3 Å². The van der Waals surface area contributed by atoms with Gasteiger partial charge >= 0.3 is 0 Å². The molecule has 0 aromatic carbocycles. The van der Waals surface area contributed by atoms with E-state index in [1.54, 1.807) is 11.3 Å². The summed E-state index contributed by atoms with van der Waals surface area (Å²) in [6.45, 7) is 4.22. The summed E-state index contributed by atoms with van der Waals surface area (Å²) in [4.78, 5) is 1.40. The van der Waals surface area contributed by atoms with Crippen LogP contribution >= 0.6 is 22.9 Å². The van der Waals surface area contributed by atoms with Gasteiger partial charge < -0.3 is 0 Å². The fourth-order valence-electron chi connectivity index (χ4n) is 0.781. The Labute approximate surface area is 64.5 Å². The third-order valence-corrected chi connectivity index (χ3v) is 3.16. The van der Waals surface area contributed by atoms with Gasteiger partial charge in [-0.25, -0.2) is 0 Å². The summed E-state index contributed by atoms with van der Waals surface area (Å²) in [6.07, 6.45) is 1.10. The highest BCUT2D eigenvalue weighted by Gasteiger charge is 2.01. The molecule has 0 saturated heterocycles. The van der Waals surface area contributed by atoms with Gasteiger partial charge in [-0.15, -0.1) is 11.3 Å². The van der Waals surface area contributed by atoms with E-state index in [9.17, 15) is 0 Å². The van der Waals surface area contributed by atoms with Crippen LogP contribution in [-0.4, -0.2) is 0 Å². The first-order valence-electron chi connectivity index (χ1n) is 2.98. The minimum Gasteiger partial charge on any atom is -0.147 e. The Kier molecular flexibility index (Phi) is 2.14. The molecule has 9 heavy (non-hydrogen) atoms. The molecule has 0 unspecified atom stereocenters. The molecule has 0 fully saturated rings. The molecule has 0 nitrogen and oxygen atoms in total. The molecule has 0 atom stereocenters. The number of rotatable bonds is 1. The number of hydrogen-bond donors (Lipinski definition) is 0. The van der Waals surface area contributed by atoms with E-state index in [0.717, 1.165) is 11.4 Å². The van der Waals surface area contributed by atoms with Crippen molar-refractivity contribution in [3.05, 3.63) is 20.8 Å². The first-order valence-corrected chi connectivity index (χ1v) is 4.24. The van der Waals surface area contributed by atoms with Gasteiger partial charge in [0.15, 0.2) is 0 Å². The van der Waals surface area contributed by atoms with Crippen LogP contribution in [0.25, 0.3) is 0 Å². The standard InChI is InChI=1S/C7H9ClS/c1-3-7-5(2)6(8)4-9-7/h4H,3H2,1-2H3. The van der Waals surface area contributed by atoms with E-state index >= 15 is 0 Å². The van der Waals surface area contributed by atoms with Gasteiger partial charge in [0.1, 0.15) is 0 Å². The first kappa shape index (κ1) is 7.10. The van der Waals surface area contributed by atoms with Crippen molar-refractivity contribution in [1.82, 2.24) is 0 Å². The monoisotopic (exact) mass is 160 g/mol. The normalized spacial score (nSPS) is 10.1. The molecule has 0 aliphatic heterocycles. The molecule has 0 amide bonds.